The zero-order valence-electron chi connectivity index (χ0n) is 14.2. The number of hydrogen-bond donors (Lipinski definition) is 1. The number of halogens is 4. The highest BCUT2D eigenvalue weighted by Crippen LogP contribution is 2.30. The van der Waals surface area contributed by atoms with Gasteiger partial charge in [-0.15, -0.1) is 12.4 Å². The van der Waals surface area contributed by atoms with Crippen LogP contribution >= 0.6 is 12.4 Å². The first-order valence-corrected chi connectivity index (χ1v) is 8.05. The van der Waals surface area contributed by atoms with Crippen LogP contribution in [0, 0.1) is 5.92 Å². The first-order valence-electron chi connectivity index (χ1n) is 8.05. The van der Waals surface area contributed by atoms with Gasteiger partial charge in [0.15, 0.2) is 5.69 Å². The Kier molecular flexibility index (Phi) is 6.30. The second-order valence-corrected chi connectivity index (χ2v) is 6.16. The molecule has 2 aromatic rings. The predicted octanol–water partition coefficient (Wildman–Crippen LogP) is 2.99. The van der Waals surface area contributed by atoms with Crippen LogP contribution in [-0.2, 0) is 6.18 Å². The number of carbonyl (C=O) groups excluding carboxylic acids is 1. The molecule has 9 heteroatoms. The highest BCUT2D eigenvalue weighted by atomic mass is 35.5. The molecular weight excluding hydrogens is 369 g/mol. The summed E-state index contributed by atoms with van der Waals surface area (Å²) in [7, 11) is 1.88. The first kappa shape index (κ1) is 20.3. The van der Waals surface area contributed by atoms with Crippen LogP contribution in [0.3, 0.4) is 0 Å². The second kappa shape index (κ2) is 8.09. The molecule has 1 unspecified atom stereocenters. The average Bonchev–Trinajstić information content (AvgIpc) is 3.23. The summed E-state index contributed by atoms with van der Waals surface area (Å²) in [5.41, 5.74) is -0.242. The fraction of sp³-hybridized carbons (Fsp3) is 0.412. The smallest absolute Gasteiger partial charge is 0.337 e. The van der Waals surface area contributed by atoms with Gasteiger partial charge in [-0.05, 0) is 50.2 Å². The lowest BCUT2D eigenvalue weighted by molar-refractivity contribution is -0.137. The number of hydrogen-bond acceptors (Lipinski definition) is 3. The Hall–Kier alpha value is -2.06. The summed E-state index contributed by atoms with van der Waals surface area (Å²) in [6.45, 7) is 2.18. The molecule has 0 saturated carbocycles. The number of benzene rings is 1. The van der Waals surface area contributed by atoms with Gasteiger partial charge in [-0.25, -0.2) is 4.68 Å². The average molecular weight is 389 g/mol. The van der Waals surface area contributed by atoms with Crippen molar-refractivity contribution in [1.82, 2.24) is 20.0 Å². The topological polar surface area (TPSA) is 50.2 Å². The number of likely N-dealkylation sites (tertiary alicyclic amines) is 1. The van der Waals surface area contributed by atoms with Gasteiger partial charge in [0, 0.05) is 19.3 Å². The fourth-order valence-electron chi connectivity index (χ4n) is 3.04. The third-order valence-corrected chi connectivity index (χ3v) is 4.31. The summed E-state index contributed by atoms with van der Waals surface area (Å²) < 4.78 is 39.8. The number of rotatable bonds is 4. The third kappa shape index (κ3) is 4.37. The molecule has 1 aliphatic rings. The molecule has 1 N–H and O–H groups in total. The van der Waals surface area contributed by atoms with Crippen molar-refractivity contribution in [2.24, 2.45) is 5.92 Å². The van der Waals surface area contributed by atoms with Gasteiger partial charge in [-0.2, -0.15) is 18.3 Å². The predicted molar refractivity (Wildman–Crippen MR) is 93.8 cm³/mol. The molecule has 1 aliphatic heterocycles. The van der Waals surface area contributed by atoms with Crippen LogP contribution in [0.4, 0.5) is 13.2 Å². The van der Waals surface area contributed by atoms with E-state index >= 15 is 0 Å². The van der Waals surface area contributed by atoms with E-state index in [9.17, 15) is 18.0 Å². The largest absolute Gasteiger partial charge is 0.416 e. The summed E-state index contributed by atoms with van der Waals surface area (Å²) in [6, 6.07) is 6.40. The molecule has 26 heavy (non-hydrogen) atoms. The van der Waals surface area contributed by atoms with Crippen LogP contribution in [0.2, 0.25) is 0 Å². The molecule has 0 radical (unpaired) electrons. The molecule has 1 saturated heterocycles. The number of aromatic nitrogens is 2. The number of alkyl halides is 3. The quantitative estimate of drug-likeness (QED) is 0.876. The number of nitrogens with zero attached hydrogens (tertiary/aromatic N) is 3. The minimum Gasteiger partial charge on any atom is -0.337 e. The molecule has 142 valence electrons. The van der Waals surface area contributed by atoms with Gasteiger partial charge in [0.05, 0.1) is 11.3 Å². The lowest BCUT2D eigenvalue weighted by atomic mass is 10.1. The van der Waals surface area contributed by atoms with E-state index < -0.39 is 11.7 Å². The van der Waals surface area contributed by atoms with Gasteiger partial charge < -0.3 is 10.2 Å². The molecule has 3 rings (SSSR count). The van der Waals surface area contributed by atoms with Crippen molar-refractivity contribution in [1.29, 1.82) is 0 Å². The fourth-order valence-corrected chi connectivity index (χ4v) is 3.04. The Labute approximate surface area is 155 Å². The van der Waals surface area contributed by atoms with Crippen molar-refractivity contribution >= 4 is 18.3 Å². The second-order valence-electron chi connectivity index (χ2n) is 6.16. The van der Waals surface area contributed by atoms with Gasteiger partial charge in [0.2, 0.25) is 0 Å². The first-order chi connectivity index (χ1) is 11.9. The van der Waals surface area contributed by atoms with E-state index in [2.05, 4.69) is 10.4 Å². The van der Waals surface area contributed by atoms with Gasteiger partial charge in [0.25, 0.3) is 5.91 Å². The molecule has 2 heterocycles. The summed E-state index contributed by atoms with van der Waals surface area (Å²) in [5, 5.41) is 7.26. The SMILES string of the molecule is CNCC1CCN(C(=O)c2ccn(-c3cccc(C(F)(F)F)c3)n2)C1.Cl. The summed E-state index contributed by atoms with van der Waals surface area (Å²) in [6.07, 6.45) is -1.98. The maximum atomic E-state index is 12.8. The summed E-state index contributed by atoms with van der Waals surface area (Å²) in [5.74, 6) is 0.226. The van der Waals surface area contributed by atoms with E-state index in [1.54, 1.807) is 4.90 Å². The molecule has 0 bridgehead atoms. The Balaban J connectivity index is 0.00000243. The van der Waals surface area contributed by atoms with Crippen molar-refractivity contribution in [3.05, 3.63) is 47.8 Å². The molecule has 5 nitrogen and oxygen atoms in total. The van der Waals surface area contributed by atoms with Crippen molar-refractivity contribution in [3.63, 3.8) is 0 Å². The van der Waals surface area contributed by atoms with Crippen LogP contribution in [0.25, 0.3) is 5.69 Å². The Morgan fingerprint density at radius 3 is 2.81 bits per heavy atom. The molecule has 0 spiro atoms. The summed E-state index contributed by atoms with van der Waals surface area (Å²) >= 11 is 0. The molecular formula is C17H20ClF3N4O. The van der Waals surface area contributed by atoms with Crippen LogP contribution in [0.15, 0.2) is 36.5 Å². The van der Waals surface area contributed by atoms with Crippen LogP contribution < -0.4 is 5.32 Å². The molecule has 1 aromatic heterocycles. The van der Waals surface area contributed by atoms with E-state index in [1.165, 1.54) is 29.1 Å². The Bertz CT molecular complexity index is 762. The van der Waals surface area contributed by atoms with Gasteiger partial charge in [-0.3, -0.25) is 4.79 Å². The highest BCUT2D eigenvalue weighted by molar-refractivity contribution is 5.92. The molecule has 1 fully saturated rings. The normalized spacial score (nSPS) is 17.2. The van der Waals surface area contributed by atoms with Crippen molar-refractivity contribution in [2.75, 3.05) is 26.7 Å². The molecule has 1 amide bonds. The third-order valence-electron chi connectivity index (χ3n) is 4.31. The molecule has 0 aliphatic carbocycles. The van der Waals surface area contributed by atoms with E-state index in [1.807, 2.05) is 7.05 Å². The van der Waals surface area contributed by atoms with Crippen molar-refractivity contribution < 1.29 is 18.0 Å². The monoisotopic (exact) mass is 388 g/mol. The highest BCUT2D eigenvalue weighted by Gasteiger charge is 2.31. The molecule has 1 aromatic carbocycles. The van der Waals surface area contributed by atoms with Crippen molar-refractivity contribution in [3.8, 4) is 5.69 Å². The minimum atomic E-state index is -4.42. The number of amides is 1. The molecule has 1 atom stereocenters. The van der Waals surface area contributed by atoms with E-state index in [-0.39, 0.29) is 29.7 Å². The standard InChI is InChI=1S/C17H19F3N4O.ClH/c1-21-10-12-5-7-23(11-12)16(25)15-6-8-24(22-15)14-4-2-3-13(9-14)17(18,19)20;/h2-4,6,8-9,12,21H,5,7,10-11H2,1H3;1H. The Morgan fingerprint density at radius 2 is 2.12 bits per heavy atom. The zero-order chi connectivity index (χ0) is 18.0. The van der Waals surface area contributed by atoms with Crippen molar-refractivity contribution in [2.45, 2.75) is 12.6 Å². The lowest BCUT2D eigenvalue weighted by Gasteiger charge is -2.15. The summed E-state index contributed by atoms with van der Waals surface area (Å²) in [4.78, 5) is 14.3. The zero-order valence-corrected chi connectivity index (χ0v) is 15.0. The minimum absolute atomic E-state index is 0. The number of nitrogens with one attached hydrogen (secondary N) is 1. The van der Waals surface area contributed by atoms with E-state index in [4.69, 9.17) is 0 Å². The van der Waals surface area contributed by atoms with Crippen LogP contribution in [-0.4, -0.2) is 47.3 Å². The number of carbonyl (C=O) groups is 1. The van der Waals surface area contributed by atoms with Crippen LogP contribution in [0.1, 0.15) is 22.5 Å². The van der Waals surface area contributed by atoms with Gasteiger partial charge >= 0.3 is 6.18 Å². The van der Waals surface area contributed by atoms with Gasteiger partial charge in [-0.1, -0.05) is 6.07 Å². The van der Waals surface area contributed by atoms with Gasteiger partial charge in [0.1, 0.15) is 0 Å². The van der Waals surface area contributed by atoms with E-state index in [0.29, 0.717) is 19.0 Å². The maximum absolute atomic E-state index is 12.8. The Morgan fingerprint density at radius 1 is 1.35 bits per heavy atom. The van der Waals surface area contributed by atoms with Crippen LogP contribution in [0.5, 0.6) is 0 Å². The van der Waals surface area contributed by atoms with E-state index in [0.717, 1.165) is 25.1 Å². The lowest BCUT2D eigenvalue weighted by Crippen LogP contribution is -2.30. The maximum Gasteiger partial charge on any atom is 0.416 e.